The summed E-state index contributed by atoms with van der Waals surface area (Å²) in [7, 11) is 0. The van der Waals surface area contributed by atoms with Gasteiger partial charge in [0.1, 0.15) is 0 Å². The number of rotatable bonds is 2. The van der Waals surface area contributed by atoms with Crippen molar-refractivity contribution in [1.29, 1.82) is 0 Å². The molecule has 0 saturated heterocycles. The van der Waals surface area contributed by atoms with Crippen molar-refractivity contribution in [2.24, 2.45) is 9.98 Å². The Hall–Kier alpha value is -1.96. The van der Waals surface area contributed by atoms with E-state index in [1.165, 1.54) is 0 Å². The molecule has 0 unspecified atom stereocenters. The fraction of sp³-hybridized carbons (Fsp3) is 0.143. The van der Waals surface area contributed by atoms with Crippen molar-refractivity contribution >= 4 is 12.4 Å². The van der Waals surface area contributed by atoms with Crippen LogP contribution in [0.3, 0.4) is 0 Å². The summed E-state index contributed by atoms with van der Waals surface area (Å²) in [6, 6.07) is 0. The van der Waals surface area contributed by atoms with E-state index >= 15 is 0 Å². The highest BCUT2D eigenvalue weighted by atomic mass is 14.8. The molecule has 0 aromatic rings. The topological polar surface area (TPSA) is 24.7 Å². The number of aliphatic imine (C=N–C) groups is 2. The van der Waals surface area contributed by atoms with Gasteiger partial charge in [-0.2, -0.15) is 0 Å². The first-order chi connectivity index (χ1) is 7.74. The fourth-order valence-electron chi connectivity index (χ4n) is 1.16. The molecule has 1 heterocycles. The molecule has 0 aliphatic carbocycles. The lowest BCUT2D eigenvalue weighted by Crippen LogP contribution is -1.91. The van der Waals surface area contributed by atoms with Crippen LogP contribution in [0.5, 0.6) is 0 Å². The van der Waals surface area contributed by atoms with Gasteiger partial charge in [-0.3, -0.25) is 9.98 Å². The molecule has 1 aliphatic heterocycles. The Morgan fingerprint density at radius 3 is 2.94 bits per heavy atom. The Bertz CT molecular complexity index is 418. The van der Waals surface area contributed by atoms with Crippen LogP contribution in [0.1, 0.15) is 6.92 Å². The summed E-state index contributed by atoms with van der Waals surface area (Å²) in [4.78, 5) is 8.56. The molecular formula is C14H16N2. The normalized spacial score (nSPS) is 27.7. The van der Waals surface area contributed by atoms with E-state index in [1.807, 2.05) is 31.2 Å². The van der Waals surface area contributed by atoms with Crippen molar-refractivity contribution < 1.29 is 0 Å². The van der Waals surface area contributed by atoms with Gasteiger partial charge < -0.3 is 0 Å². The highest BCUT2D eigenvalue weighted by molar-refractivity contribution is 5.73. The summed E-state index contributed by atoms with van der Waals surface area (Å²) in [5.74, 6) is 0. The van der Waals surface area contributed by atoms with Crippen molar-refractivity contribution in [2.45, 2.75) is 6.92 Å². The summed E-state index contributed by atoms with van der Waals surface area (Å²) >= 11 is 0. The minimum Gasteiger partial charge on any atom is -0.287 e. The highest BCUT2D eigenvalue weighted by Gasteiger charge is 1.97. The molecule has 0 amide bonds. The van der Waals surface area contributed by atoms with Crippen LogP contribution >= 0.6 is 0 Å². The summed E-state index contributed by atoms with van der Waals surface area (Å²) < 4.78 is 0. The van der Waals surface area contributed by atoms with E-state index in [-0.39, 0.29) is 0 Å². The molecule has 0 spiro atoms. The van der Waals surface area contributed by atoms with Crippen LogP contribution in [0.15, 0.2) is 70.4 Å². The fourth-order valence-corrected chi connectivity index (χ4v) is 1.16. The second-order valence-corrected chi connectivity index (χ2v) is 3.40. The first-order valence-corrected chi connectivity index (χ1v) is 5.12. The van der Waals surface area contributed by atoms with Gasteiger partial charge in [0.2, 0.25) is 0 Å². The smallest absolute Gasteiger partial charge is 0.0814 e. The second kappa shape index (κ2) is 6.51. The Morgan fingerprint density at radius 1 is 1.38 bits per heavy atom. The zero-order chi connectivity index (χ0) is 11.8. The van der Waals surface area contributed by atoms with Crippen molar-refractivity contribution in [3.8, 4) is 0 Å². The van der Waals surface area contributed by atoms with Gasteiger partial charge >= 0.3 is 0 Å². The van der Waals surface area contributed by atoms with E-state index in [0.29, 0.717) is 6.54 Å². The first kappa shape index (κ1) is 12.1. The Kier molecular flexibility index (Phi) is 4.93. The van der Waals surface area contributed by atoms with Gasteiger partial charge in [0.05, 0.1) is 12.2 Å². The Morgan fingerprint density at radius 2 is 2.19 bits per heavy atom. The standard InChI is InChI=1S/C14H16N2/c1-4-9-16-14-11-15-10-5-6-12(2)7-8-13(14)3/h4-10H,1-2,11H2,3H3/b6-5-,8-7-,14-13+,15-10-,16-9-. The van der Waals surface area contributed by atoms with Crippen molar-refractivity contribution in [3.05, 3.63) is 60.4 Å². The van der Waals surface area contributed by atoms with Gasteiger partial charge in [-0.1, -0.05) is 37.5 Å². The zero-order valence-electron chi connectivity index (χ0n) is 9.56. The molecule has 0 aromatic carbocycles. The zero-order valence-corrected chi connectivity index (χ0v) is 9.56. The molecule has 0 bridgehead atoms. The van der Waals surface area contributed by atoms with Crippen LogP contribution in [0, 0.1) is 0 Å². The van der Waals surface area contributed by atoms with Crippen LogP contribution in [-0.2, 0) is 0 Å². The maximum Gasteiger partial charge on any atom is 0.0814 e. The lowest BCUT2D eigenvalue weighted by atomic mass is 10.1. The molecule has 2 heteroatoms. The molecule has 0 radical (unpaired) electrons. The third-order valence-electron chi connectivity index (χ3n) is 2.08. The van der Waals surface area contributed by atoms with Crippen LogP contribution in [0.25, 0.3) is 0 Å². The average molecular weight is 212 g/mol. The van der Waals surface area contributed by atoms with Gasteiger partial charge in [-0.25, -0.2) is 0 Å². The molecule has 2 nitrogen and oxygen atoms in total. The quantitative estimate of drug-likeness (QED) is 0.628. The lowest BCUT2D eigenvalue weighted by Gasteiger charge is -2.02. The van der Waals surface area contributed by atoms with Crippen molar-refractivity contribution in [2.75, 3.05) is 6.54 Å². The summed E-state index contributed by atoms with van der Waals surface area (Å²) in [5.41, 5.74) is 2.97. The molecule has 0 atom stereocenters. The molecule has 0 fully saturated rings. The van der Waals surface area contributed by atoms with Crippen LogP contribution in [0.4, 0.5) is 0 Å². The third-order valence-corrected chi connectivity index (χ3v) is 2.08. The summed E-state index contributed by atoms with van der Waals surface area (Å²) in [6.07, 6.45) is 12.9. The maximum absolute atomic E-state index is 4.30. The molecule has 1 rings (SSSR count). The molecule has 82 valence electrons. The predicted octanol–water partition coefficient (Wildman–Crippen LogP) is 3.27. The monoisotopic (exact) mass is 212 g/mol. The number of allylic oxidation sites excluding steroid dienone is 7. The van der Waals surface area contributed by atoms with Gasteiger partial charge in [0.25, 0.3) is 0 Å². The second-order valence-electron chi connectivity index (χ2n) is 3.40. The third kappa shape index (κ3) is 4.05. The average Bonchev–Trinajstić information content (AvgIpc) is 2.29. The summed E-state index contributed by atoms with van der Waals surface area (Å²) in [6.45, 7) is 10.1. The van der Waals surface area contributed by atoms with E-state index < -0.39 is 0 Å². The van der Waals surface area contributed by atoms with E-state index in [2.05, 4.69) is 23.1 Å². The van der Waals surface area contributed by atoms with Gasteiger partial charge in [-0.05, 0) is 24.1 Å². The number of nitrogens with zero attached hydrogens (tertiary/aromatic N) is 2. The van der Waals surface area contributed by atoms with Crippen LogP contribution < -0.4 is 0 Å². The SMILES string of the molecule is C=C\C=N/C1=C(C)/C=C\C(=C)/C=C\C=N/C1. The van der Waals surface area contributed by atoms with Crippen molar-refractivity contribution in [3.63, 3.8) is 0 Å². The summed E-state index contributed by atoms with van der Waals surface area (Å²) in [5, 5.41) is 0. The van der Waals surface area contributed by atoms with E-state index in [1.54, 1.807) is 18.5 Å². The van der Waals surface area contributed by atoms with Crippen molar-refractivity contribution in [1.82, 2.24) is 0 Å². The minimum absolute atomic E-state index is 0.581. The van der Waals surface area contributed by atoms with E-state index in [9.17, 15) is 0 Å². The first-order valence-electron chi connectivity index (χ1n) is 5.12. The molecule has 1 aliphatic rings. The lowest BCUT2D eigenvalue weighted by molar-refractivity contribution is 1.08. The van der Waals surface area contributed by atoms with Crippen LogP contribution in [0.2, 0.25) is 0 Å². The maximum atomic E-state index is 4.30. The van der Waals surface area contributed by atoms with E-state index in [0.717, 1.165) is 16.8 Å². The number of hydrogen-bond acceptors (Lipinski definition) is 2. The number of hydrogen-bond donors (Lipinski definition) is 0. The predicted molar refractivity (Wildman–Crippen MR) is 72.2 cm³/mol. The molecule has 0 N–H and O–H groups in total. The Labute approximate surface area is 96.8 Å². The van der Waals surface area contributed by atoms with Gasteiger partial charge in [0.15, 0.2) is 0 Å². The highest BCUT2D eigenvalue weighted by Crippen LogP contribution is 2.10. The molecule has 16 heavy (non-hydrogen) atoms. The largest absolute Gasteiger partial charge is 0.287 e. The minimum atomic E-state index is 0.581. The molecule has 0 saturated carbocycles. The van der Waals surface area contributed by atoms with Gasteiger partial charge in [-0.15, -0.1) is 0 Å². The van der Waals surface area contributed by atoms with E-state index in [4.69, 9.17) is 0 Å². The molecular weight excluding hydrogens is 196 g/mol. The van der Waals surface area contributed by atoms with Crippen LogP contribution in [-0.4, -0.2) is 19.0 Å². The van der Waals surface area contributed by atoms with Gasteiger partial charge in [0, 0.05) is 12.4 Å². The molecule has 0 aromatic heterocycles. The Balaban J connectivity index is 3.01.